The van der Waals surface area contributed by atoms with Crippen LogP contribution in [0.1, 0.15) is 6.42 Å². The van der Waals surface area contributed by atoms with Crippen LogP contribution in [0.2, 0.25) is 5.02 Å². The van der Waals surface area contributed by atoms with Gasteiger partial charge in [-0.2, -0.15) is 0 Å². The highest BCUT2D eigenvalue weighted by molar-refractivity contribution is 6.31. The molecule has 0 amide bonds. The van der Waals surface area contributed by atoms with Crippen molar-refractivity contribution in [3.63, 3.8) is 0 Å². The Kier molecular flexibility index (Phi) is 4.04. The van der Waals surface area contributed by atoms with Crippen LogP contribution in [-0.4, -0.2) is 25.3 Å². The predicted molar refractivity (Wildman–Crippen MR) is 60.8 cm³/mol. The summed E-state index contributed by atoms with van der Waals surface area (Å²) in [4.78, 5) is 2.00. The lowest BCUT2D eigenvalue weighted by Gasteiger charge is -2.20. The second-order valence-corrected chi connectivity index (χ2v) is 3.64. The summed E-state index contributed by atoms with van der Waals surface area (Å²) in [5.41, 5.74) is 7.42. The molecule has 3 nitrogen and oxygen atoms in total. The van der Waals surface area contributed by atoms with Gasteiger partial charge in [-0.05, 0) is 24.6 Å². The molecule has 0 aromatic heterocycles. The van der Waals surface area contributed by atoms with Gasteiger partial charge in [-0.25, -0.2) is 0 Å². The van der Waals surface area contributed by atoms with E-state index in [9.17, 15) is 0 Å². The Morgan fingerprint density at radius 1 is 1.50 bits per heavy atom. The van der Waals surface area contributed by atoms with Crippen LogP contribution in [0.5, 0.6) is 0 Å². The summed E-state index contributed by atoms with van der Waals surface area (Å²) in [5, 5.41) is 9.34. The van der Waals surface area contributed by atoms with Crippen molar-refractivity contribution >= 4 is 23.0 Å². The zero-order valence-electron chi connectivity index (χ0n) is 8.20. The van der Waals surface area contributed by atoms with Crippen LogP contribution < -0.4 is 10.6 Å². The van der Waals surface area contributed by atoms with Crippen molar-refractivity contribution in [2.75, 3.05) is 30.8 Å². The molecule has 1 rings (SSSR count). The number of nitrogens with two attached hydrogens (primary N) is 1. The molecule has 0 aliphatic heterocycles. The fourth-order valence-corrected chi connectivity index (χ4v) is 1.48. The lowest BCUT2D eigenvalue weighted by atomic mass is 10.2. The molecular weight excluding hydrogens is 200 g/mol. The second-order valence-electron chi connectivity index (χ2n) is 3.20. The SMILES string of the molecule is CN(CCCO)c1ccc(Cl)cc1N. The highest BCUT2D eigenvalue weighted by atomic mass is 35.5. The second kappa shape index (κ2) is 5.08. The number of nitrogen functional groups attached to an aromatic ring is 1. The average molecular weight is 215 g/mol. The molecular formula is C10H15ClN2O. The highest BCUT2D eigenvalue weighted by Crippen LogP contribution is 2.25. The van der Waals surface area contributed by atoms with Crippen LogP contribution in [0.25, 0.3) is 0 Å². The lowest BCUT2D eigenvalue weighted by molar-refractivity contribution is 0.290. The molecule has 14 heavy (non-hydrogen) atoms. The third-order valence-electron chi connectivity index (χ3n) is 2.05. The summed E-state index contributed by atoms with van der Waals surface area (Å²) in [6.45, 7) is 0.972. The van der Waals surface area contributed by atoms with E-state index >= 15 is 0 Å². The van der Waals surface area contributed by atoms with Gasteiger partial charge in [0.1, 0.15) is 0 Å². The minimum Gasteiger partial charge on any atom is -0.397 e. The number of halogens is 1. The van der Waals surface area contributed by atoms with Crippen molar-refractivity contribution < 1.29 is 5.11 Å². The number of aliphatic hydroxyl groups is 1. The summed E-state index contributed by atoms with van der Waals surface area (Å²) in [5.74, 6) is 0. The molecule has 3 N–H and O–H groups in total. The lowest BCUT2D eigenvalue weighted by Crippen LogP contribution is -2.20. The monoisotopic (exact) mass is 214 g/mol. The van der Waals surface area contributed by atoms with E-state index in [1.54, 1.807) is 6.07 Å². The van der Waals surface area contributed by atoms with Gasteiger partial charge in [0.05, 0.1) is 11.4 Å². The van der Waals surface area contributed by atoms with Crippen molar-refractivity contribution in [1.29, 1.82) is 0 Å². The third kappa shape index (κ3) is 2.79. The number of hydrogen-bond donors (Lipinski definition) is 2. The van der Waals surface area contributed by atoms with E-state index in [1.165, 1.54) is 0 Å². The van der Waals surface area contributed by atoms with Crippen molar-refractivity contribution in [2.45, 2.75) is 6.42 Å². The van der Waals surface area contributed by atoms with Crippen molar-refractivity contribution in [1.82, 2.24) is 0 Å². The smallest absolute Gasteiger partial charge is 0.0598 e. The van der Waals surface area contributed by atoms with Crippen LogP contribution in [0.15, 0.2) is 18.2 Å². The normalized spacial score (nSPS) is 10.2. The van der Waals surface area contributed by atoms with E-state index in [4.69, 9.17) is 22.4 Å². The van der Waals surface area contributed by atoms with Crippen LogP contribution in [0.4, 0.5) is 11.4 Å². The van der Waals surface area contributed by atoms with Gasteiger partial charge in [-0.15, -0.1) is 0 Å². The molecule has 0 aliphatic carbocycles. The predicted octanol–water partition coefficient (Wildman–Crippen LogP) is 1.74. The zero-order valence-corrected chi connectivity index (χ0v) is 8.96. The molecule has 0 fully saturated rings. The van der Waals surface area contributed by atoms with Gasteiger partial charge >= 0.3 is 0 Å². The van der Waals surface area contributed by atoms with E-state index < -0.39 is 0 Å². The Bertz CT molecular complexity index is 304. The summed E-state index contributed by atoms with van der Waals surface area (Å²) in [6.07, 6.45) is 0.735. The number of hydrogen-bond acceptors (Lipinski definition) is 3. The van der Waals surface area contributed by atoms with Crippen LogP contribution >= 0.6 is 11.6 Å². The standard InChI is InChI=1S/C10H15ClN2O/c1-13(5-2-6-14)10-4-3-8(11)7-9(10)12/h3-4,7,14H,2,5-6,12H2,1H3. The summed E-state index contributed by atoms with van der Waals surface area (Å²) in [6, 6.07) is 5.42. The zero-order chi connectivity index (χ0) is 10.6. The molecule has 0 spiro atoms. The van der Waals surface area contributed by atoms with Crippen LogP contribution in [0, 0.1) is 0 Å². The molecule has 1 aromatic rings. The topological polar surface area (TPSA) is 49.5 Å². The Balaban J connectivity index is 2.74. The average Bonchev–Trinajstić information content (AvgIpc) is 2.14. The van der Waals surface area contributed by atoms with Gasteiger partial charge < -0.3 is 15.7 Å². The summed E-state index contributed by atoms with van der Waals surface area (Å²) >= 11 is 5.79. The van der Waals surface area contributed by atoms with Gasteiger partial charge in [0.15, 0.2) is 0 Å². The molecule has 0 saturated heterocycles. The fourth-order valence-electron chi connectivity index (χ4n) is 1.30. The first-order chi connectivity index (χ1) is 6.65. The Hall–Kier alpha value is -0.930. The number of nitrogens with zero attached hydrogens (tertiary/aromatic N) is 1. The number of rotatable bonds is 4. The minimum absolute atomic E-state index is 0.192. The van der Waals surface area contributed by atoms with Crippen molar-refractivity contribution in [3.05, 3.63) is 23.2 Å². The van der Waals surface area contributed by atoms with E-state index in [1.807, 2.05) is 24.1 Å². The molecule has 0 bridgehead atoms. The van der Waals surface area contributed by atoms with Gasteiger partial charge in [-0.3, -0.25) is 0 Å². The molecule has 0 radical (unpaired) electrons. The van der Waals surface area contributed by atoms with Crippen LogP contribution in [-0.2, 0) is 0 Å². The summed E-state index contributed by atoms with van der Waals surface area (Å²) in [7, 11) is 1.94. The maximum Gasteiger partial charge on any atom is 0.0598 e. The minimum atomic E-state index is 0.192. The van der Waals surface area contributed by atoms with Crippen molar-refractivity contribution in [2.24, 2.45) is 0 Å². The fraction of sp³-hybridized carbons (Fsp3) is 0.400. The summed E-state index contributed by atoms with van der Waals surface area (Å²) < 4.78 is 0. The largest absolute Gasteiger partial charge is 0.397 e. The molecule has 1 aromatic carbocycles. The molecule has 0 aliphatic rings. The Morgan fingerprint density at radius 2 is 2.21 bits per heavy atom. The number of anilines is 2. The molecule has 0 saturated carbocycles. The first kappa shape index (κ1) is 11.1. The molecule has 0 heterocycles. The molecule has 0 atom stereocenters. The van der Waals surface area contributed by atoms with Gasteiger partial charge in [0, 0.05) is 25.2 Å². The first-order valence-corrected chi connectivity index (χ1v) is 4.90. The quantitative estimate of drug-likeness (QED) is 0.751. The number of aliphatic hydroxyl groups excluding tert-OH is 1. The van der Waals surface area contributed by atoms with E-state index in [2.05, 4.69) is 0 Å². The molecule has 78 valence electrons. The van der Waals surface area contributed by atoms with Gasteiger partial charge in [-0.1, -0.05) is 11.6 Å². The number of benzene rings is 1. The van der Waals surface area contributed by atoms with Crippen molar-refractivity contribution in [3.8, 4) is 0 Å². The highest BCUT2D eigenvalue weighted by Gasteiger charge is 2.04. The third-order valence-corrected chi connectivity index (χ3v) is 2.29. The van der Waals surface area contributed by atoms with E-state index in [-0.39, 0.29) is 6.61 Å². The van der Waals surface area contributed by atoms with Gasteiger partial charge in [0.2, 0.25) is 0 Å². The van der Waals surface area contributed by atoms with Crippen LogP contribution in [0.3, 0.4) is 0 Å². The molecule has 4 heteroatoms. The van der Waals surface area contributed by atoms with E-state index in [0.29, 0.717) is 10.7 Å². The maximum absolute atomic E-state index is 8.70. The van der Waals surface area contributed by atoms with E-state index in [0.717, 1.165) is 18.7 Å². The molecule has 0 unspecified atom stereocenters. The maximum atomic E-state index is 8.70. The van der Waals surface area contributed by atoms with Gasteiger partial charge in [0.25, 0.3) is 0 Å². The Labute approximate surface area is 89.1 Å². The Morgan fingerprint density at radius 3 is 2.79 bits per heavy atom. The first-order valence-electron chi connectivity index (χ1n) is 4.52.